The topological polar surface area (TPSA) is 39.7 Å². The van der Waals surface area contributed by atoms with E-state index in [0.717, 1.165) is 31.2 Å². The Hall–Kier alpha value is -1.62. The minimum Gasteiger partial charge on any atom is -0.357 e. The first-order valence-corrected chi connectivity index (χ1v) is 8.46. The predicted molar refractivity (Wildman–Crippen MR) is 96.2 cm³/mol. The zero-order chi connectivity index (χ0) is 17.2. The lowest BCUT2D eigenvalue weighted by Crippen LogP contribution is -2.45. The maximum absolute atomic E-state index is 13.2. The second-order valence-corrected chi connectivity index (χ2v) is 6.18. The molecular formula is C18H31FN4. The summed E-state index contributed by atoms with van der Waals surface area (Å²) >= 11 is 0. The van der Waals surface area contributed by atoms with Crippen molar-refractivity contribution in [3.8, 4) is 0 Å². The summed E-state index contributed by atoms with van der Waals surface area (Å²) in [4.78, 5) is 6.95. The molecule has 5 heteroatoms. The minimum absolute atomic E-state index is 0.222. The van der Waals surface area contributed by atoms with Crippen molar-refractivity contribution in [1.29, 1.82) is 0 Å². The monoisotopic (exact) mass is 322 g/mol. The smallest absolute Gasteiger partial charge is 0.191 e. The Balaban J connectivity index is 2.55. The highest BCUT2D eigenvalue weighted by Crippen LogP contribution is 2.05. The second-order valence-electron chi connectivity index (χ2n) is 6.18. The van der Waals surface area contributed by atoms with Crippen molar-refractivity contribution in [1.82, 2.24) is 15.5 Å². The van der Waals surface area contributed by atoms with E-state index in [4.69, 9.17) is 0 Å². The van der Waals surface area contributed by atoms with Gasteiger partial charge in [-0.1, -0.05) is 12.1 Å². The number of hydrogen-bond donors (Lipinski definition) is 2. The zero-order valence-corrected chi connectivity index (χ0v) is 15.1. The third-order valence-corrected chi connectivity index (χ3v) is 3.64. The Morgan fingerprint density at radius 3 is 2.43 bits per heavy atom. The van der Waals surface area contributed by atoms with Crippen molar-refractivity contribution in [3.05, 3.63) is 35.6 Å². The van der Waals surface area contributed by atoms with Crippen molar-refractivity contribution in [2.24, 2.45) is 4.99 Å². The number of halogens is 1. The molecule has 4 nitrogen and oxygen atoms in total. The molecule has 0 aliphatic carbocycles. The molecule has 0 aromatic heterocycles. The Morgan fingerprint density at radius 2 is 1.87 bits per heavy atom. The highest BCUT2D eigenvalue weighted by atomic mass is 19.1. The third kappa shape index (κ3) is 7.46. The van der Waals surface area contributed by atoms with Crippen LogP contribution in [0.25, 0.3) is 0 Å². The van der Waals surface area contributed by atoms with E-state index in [1.165, 1.54) is 12.1 Å². The van der Waals surface area contributed by atoms with Gasteiger partial charge >= 0.3 is 0 Å². The van der Waals surface area contributed by atoms with Crippen molar-refractivity contribution in [2.45, 2.75) is 53.2 Å². The van der Waals surface area contributed by atoms with Gasteiger partial charge in [0.2, 0.25) is 0 Å². The average molecular weight is 322 g/mol. The molecule has 1 aromatic rings. The van der Waals surface area contributed by atoms with Crippen LogP contribution >= 0.6 is 0 Å². The summed E-state index contributed by atoms with van der Waals surface area (Å²) in [5.41, 5.74) is 0.869. The van der Waals surface area contributed by atoms with Crippen LogP contribution in [0.4, 0.5) is 4.39 Å². The molecule has 23 heavy (non-hydrogen) atoms. The lowest BCUT2D eigenvalue weighted by molar-refractivity contribution is 0.178. The fraction of sp³-hybridized carbons (Fsp3) is 0.611. The number of nitrogens with one attached hydrogen (secondary N) is 2. The van der Waals surface area contributed by atoms with E-state index in [1.807, 2.05) is 13.0 Å². The van der Waals surface area contributed by atoms with E-state index in [9.17, 15) is 4.39 Å². The van der Waals surface area contributed by atoms with Gasteiger partial charge in [0.15, 0.2) is 5.96 Å². The first-order valence-electron chi connectivity index (χ1n) is 8.46. The first-order chi connectivity index (χ1) is 10.9. The van der Waals surface area contributed by atoms with Gasteiger partial charge in [-0.05, 0) is 52.3 Å². The van der Waals surface area contributed by atoms with E-state index in [1.54, 1.807) is 6.07 Å². The summed E-state index contributed by atoms with van der Waals surface area (Å²) in [5, 5.41) is 6.58. The van der Waals surface area contributed by atoms with Gasteiger partial charge in [0.05, 0.1) is 6.54 Å². The molecule has 0 unspecified atom stereocenters. The molecule has 1 rings (SSSR count). The number of benzene rings is 1. The fourth-order valence-corrected chi connectivity index (χ4v) is 2.56. The van der Waals surface area contributed by atoms with Crippen LogP contribution in [0.1, 0.15) is 40.2 Å². The Morgan fingerprint density at radius 1 is 1.17 bits per heavy atom. The van der Waals surface area contributed by atoms with Gasteiger partial charge in [0.25, 0.3) is 0 Å². The summed E-state index contributed by atoms with van der Waals surface area (Å²) in [5.74, 6) is 0.546. The molecule has 0 saturated carbocycles. The Labute approximate surface area is 140 Å². The van der Waals surface area contributed by atoms with Crippen LogP contribution in [-0.2, 0) is 6.54 Å². The van der Waals surface area contributed by atoms with Crippen LogP contribution in [0.2, 0.25) is 0 Å². The third-order valence-electron chi connectivity index (χ3n) is 3.64. The number of rotatable bonds is 8. The van der Waals surface area contributed by atoms with E-state index in [0.29, 0.717) is 18.6 Å². The molecule has 0 aliphatic heterocycles. The molecule has 0 spiro atoms. The maximum Gasteiger partial charge on any atom is 0.191 e. The quantitative estimate of drug-likeness (QED) is 0.571. The molecule has 2 N–H and O–H groups in total. The van der Waals surface area contributed by atoms with Gasteiger partial charge in [0, 0.05) is 31.7 Å². The van der Waals surface area contributed by atoms with E-state index in [2.05, 4.69) is 48.2 Å². The number of aliphatic imine (C=N–C) groups is 1. The maximum atomic E-state index is 13.2. The molecule has 0 aliphatic rings. The first kappa shape index (κ1) is 19.4. The van der Waals surface area contributed by atoms with Crippen LogP contribution in [0, 0.1) is 5.82 Å². The summed E-state index contributed by atoms with van der Waals surface area (Å²) in [7, 11) is 0. The lowest BCUT2D eigenvalue weighted by Gasteiger charge is -2.30. The average Bonchev–Trinajstić information content (AvgIpc) is 2.48. The normalized spacial score (nSPS) is 12.3. The van der Waals surface area contributed by atoms with Crippen LogP contribution in [-0.4, -0.2) is 42.6 Å². The minimum atomic E-state index is -0.222. The van der Waals surface area contributed by atoms with Crippen LogP contribution in [0.5, 0.6) is 0 Å². The summed E-state index contributed by atoms with van der Waals surface area (Å²) in [6, 6.07) is 7.60. The molecule has 0 radical (unpaired) electrons. The summed E-state index contributed by atoms with van der Waals surface area (Å²) in [6.07, 6.45) is 0. The summed E-state index contributed by atoms with van der Waals surface area (Å²) in [6.45, 7) is 13.9. The molecule has 0 atom stereocenters. The molecule has 0 fully saturated rings. The van der Waals surface area contributed by atoms with Gasteiger partial charge in [-0.3, -0.25) is 4.90 Å². The molecule has 0 bridgehead atoms. The van der Waals surface area contributed by atoms with Gasteiger partial charge in [0.1, 0.15) is 5.82 Å². The van der Waals surface area contributed by atoms with E-state index >= 15 is 0 Å². The van der Waals surface area contributed by atoms with Gasteiger partial charge in [-0.15, -0.1) is 0 Å². The number of hydrogen-bond acceptors (Lipinski definition) is 2. The number of guanidine groups is 1. The van der Waals surface area contributed by atoms with Crippen LogP contribution in [0.3, 0.4) is 0 Å². The van der Waals surface area contributed by atoms with E-state index in [-0.39, 0.29) is 5.82 Å². The van der Waals surface area contributed by atoms with Crippen molar-refractivity contribution in [2.75, 3.05) is 19.6 Å². The van der Waals surface area contributed by atoms with Gasteiger partial charge < -0.3 is 10.6 Å². The predicted octanol–water partition coefficient (Wildman–Crippen LogP) is 3.00. The SMILES string of the molecule is CCNC(=NCc1cccc(F)c1)NCCN(C(C)C)C(C)C. The Bertz CT molecular complexity index is 478. The van der Waals surface area contributed by atoms with Gasteiger partial charge in [-0.2, -0.15) is 0 Å². The van der Waals surface area contributed by atoms with Crippen molar-refractivity contribution in [3.63, 3.8) is 0 Å². The molecule has 0 saturated heterocycles. The Kier molecular flexibility index (Phi) is 8.62. The highest BCUT2D eigenvalue weighted by molar-refractivity contribution is 5.79. The molecule has 130 valence electrons. The molecule has 0 amide bonds. The van der Waals surface area contributed by atoms with Crippen LogP contribution < -0.4 is 10.6 Å². The fourth-order valence-electron chi connectivity index (χ4n) is 2.56. The van der Waals surface area contributed by atoms with Crippen LogP contribution in [0.15, 0.2) is 29.3 Å². The van der Waals surface area contributed by atoms with Crippen molar-refractivity contribution < 1.29 is 4.39 Å². The largest absolute Gasteiger partial charge is 0.357 e. The highest BCUT2D eigenvalue weighted by Gasteiger charge is 2.12. The second kappa shape index (κ2) is 10.2. The van der Waals surface area contributed by atoms with E-state index < -0.39 is 0 Å². The summed E-state index contributed by atoms with van der Waals surface area (Å²) < 4.78 is 13.2. The lowest BCUT2D eigenvalue weighted by atomic mass is 10.2. The van der Waals surface area contributed by atoms with Gasteiger partial charge in [-0.25, -0.2) is 9.38 Å². The molecule has 1 aromatic carbocycles. The standard InChI is InChI=1S/C18H31FN4/c1-6-20-18(21-10-11-23(14(2)3)15(4)5)22-13-16-8-7-9-17(19)12-16/h7-9,12,14-15H,6,10-11,13H2,1-5H3,(H2,20,21,22). The van der Waals surface area contributed by atoms with Crippen molar-refractivity contribution >= 4 is 5.96 Å². The molecule has 0 heterocycles. The number of nitrogens with zero attached hydrogens (tertiary/aromatic N) is 2. The zero-order valence-electron chi connectivity index (χ0n) is 15.1. The molecular weight excluding hydrogens is 291 g/mol.